The summed E-state index contributed by atoms with van der Waals surface area (Å²) in [6, 6.07) is 9.32. The lowest BCUT2D eigenvalue weighted by atomic mass is 9.97. The molecule has 0 saturated carbocycles. The van der Waals surface area contributed by atoms with Gasteiger partial charge in [-0.1, -0.05) is 30.3 Å². The van der Waals surface area contributed by atoms with Crippen LogP contribution >= 0.6 is 0 Å². The van der Waals surface area contributed by atoms with Gasteiger partial charge in [0.25, 0.3) is 0 Å². The third-order valence-corrected chi connectivity index (χ3v) is 2.81. The van der Waals surface area contributed by atoms with E-state index in [1.165, 1.54) is 0 Å². The molecule has 2 atom stereocenters. The number of rotatable bonds is 5. The molecule has 1 heterocycles. The summed E-state index contributed by atoms with van der Waals surface area (Å²) in [4.78, 5) is 0. The molecule has 0 bridgehead atoms. The van der Waals surface area contributed by atoms with Crippen LogP contribution in [0.5, 0.6) is 0 Å². The van der Waals surface area contributed by atoms with Crippen LogP contribution in [0.1, 0.15) is 5.56 Å². The van der Waals surface area contributed by atoms with E-state index in [0.29, 0.717) is 19.8 Å². The van der Waals surface area contributed by atoms with E-state index in [1.54, 1.807) is 0 Å². The minimum Gasteiger partial charge on any atom is -0.393 e. The molecule has 18 heavy (non-hydrogen) atoms. The second-order valence-corrected chi connectivity index (χ2v) is 4.49. The molecule has 0 amide bonds. The van der Waals surface area contributed by atoms with Gasteiger partial charge in [0.05, 0.1) is 33.0 Å². The minimum absolute atomic E-state index is 0.171. The highest BCUT2D eigenvalue weighted by molar-refractivity contribution is 6.11. The average Bonchev–Trinajstić information content (AvgIpc) is 2.40. The number of hydrogen-bond acceptors (Lipinski definition) is 4. The standard InChI is InChI=1S/C13H17BO4/c14-12-7-17-10-13(8-15,18-12)9-16-6-11-4-2-1-3-5-11/h1-5,12,15H,6-10H2/t12-,13-/m1/s1. The van der Waals surface area contributed by atoms with Crippen LogP contribution in [0.3, 0.4) is 0 Å². The zero-order valence-corrected chi connectivity index (χ0v) is 10.2. The highest BCUT2D eigenvalue weighted by Gasteiger charge is 2.36. The van der Waals surface area contributed by atoms with Crippen LogP contribution in [-0.2, 0) is 20.8 Å². The molecule has 2 radical (unpaired) electrons. The Morgan fingerprint density at radius 1 is 1.39 bits per heavy atom. The molecule has 5 heteroatoms. The maximum Gasteiger partial charge on any atom is 0.137 e. The number of ether oxygens (including phenoxy) is 3. The molecule has 4 nitrogen and oxygen atoms in total. The van der Waals surface area contributed by atoms with Crippen molar-refractivity contribution in [3.8, 4) is 0 Å². The average molecular weight is 248 g/mol. The lowest BCUT2D eigenvalue weighted by molar-refractivity contribution is -0.212. The van der Waals surface area contributed by atoms with E-state index >= 15 is 0 Å². The zero-order chi connectivity index (χ0) is 12.8. The predicted octanol–water partition coefficient (Wildman–Crippen LogP) is 0.476. The normalized spacial score (nSPS) is 28.2. The monoisotopic (exact) mass is 248 g/mol. The molecular weight excluding hydrogens is 231 g/mol. The van der Waals surface area contributed by atoms with Crippen LogP contribution in [0.25, 0.3) is 0 Å². The van der Waals surface area contributed by atoms with E-state index < -0.39 is 11.6 Å². The molecule has 1 N–H and O–H groups in total. The Morgan fingerprint density at radius 3 is 2.83 bits per heavy atom. The third-order valence-electron chi connectivity index (χ3n) is 2.81. The van der Waals surface area contributed by atoms with Crippen molar-refractivity contribution >= 4 is 7.85 Å². The molecule has 1 aromatic rings. The van der Waals surface area contributed by atoms with E-state index in [-0.39, 0.29) is 13.2 Å². The van der Waals surface area contributed by atoms with Crippen molar-refractivity contribution in [1.29, 1.82) is 0 Å². The molecule has 1 aliphatic heterocycles. The van der Waals surface area contributed by atoms with Crippen molar-refractivity contribution in [3.05, 3.63) is 35.9 Å². The summed E-state index contributed by atoms with van der Waals surface area (Å²) in [5, 5.41) is 9.42. The number of benzene rings is 1. The quantitative estimate of drug-likeness (QED) is 0.770. The van der Waals surface area contributed by atoms with Gasteiger partial charge >= 0.3 is 0 Å². The molecule has 0 unspecified atom stereocenters. The molecule has 1 aliphatic rings. The lowest BCUT2D eigenvalue weighted by Gasteiger charge is -2.38. The van der Waals surface area contributed by atoms with Crippen LogP contribution in [-0.4, -0.2) is 51.0 Å². The summed E-state index contributed by atoms with van der Waals surface area (Å²) in [6.07, 6.45) is 0. The fourth-order valence-electron chi connectivity index (χ4n) is 1.88. The SMILES string of the molecule is [B][C@H]1COC[C@@](CO)(COCc2ccccc2)O1. The first-order chi connectivity index (χ1) is 8.74. The lowest BCUT2D eigenvalue weighted by Crippen LogP contribution is -2.53. The third kappa shape index (κ3) is 3.56. The van der Waals surface area contributed by atoms with E-state index in [2.05, 4.69) is 0 Å². The molecule has 2 rings (SSSR count). The van der Waals surface area contributed by atoms with Crippen molar-refractivity contribution in [3.63, 3.8) is 0 Å². The second kappa shape index (κ2) is 6.34. The van der Waals surface area contributed by atoms with E-state index in [0.717, 1.165) is 5.56 Å². The van der Waals surface area contributed by atoms with Crippen molar-refractivity contribution in [2.75, 3.05) is 26.4 Å². The van der Waals surface area contributed by atoms with Gasteiger partial charge in [0, 0.05) is 6.00 Å². The van der Waals surface area contributed by atoms with Crippen molar-refractivity contribution in [2.24, 2.45) is 0 Å². The van der Waals surface area contributed by atoms with Gasteiger partial charge in [0.15, 0.2) is 0 Å². The fraction of sp³-hybridized carbons (Fsp3) is 0.538. The first kappa shape index (κ1) is 13.6. The zero-order valence-electron chi connectivity index (χ0n) is 10.2. The molecule has 0 spiro atoms. The Balaban J connectivity index is 1.83. The maximum absolute atomic E-state index is 9.42. The number of aliphatic hydroxyl groups is 1. The van der Waals surface area contributed by atoms with Gasteiger partial charge in [-0.15, -0.1) is 0 Å². The Kier molecular flexibility index (Phi) is 4.77. The van der Waals surface area contributed by atoms with Gasteiger partial charge in [-0.3, -0.25) is 0 Å². The summed E-state index contributed by atoms with van der Waals surface area (Å²) in [5.41, 5.74) is 0.235. The van der Waals surface area contributed by atoms with Crippen LogP contribution in [0, 0.1) is 0 Å². The Hall–Kier alpha value is -0.875. The smallest absolute Gasteiger partial charge is 0.137 e. The minimum atomic E-state index is -0.841. The van der Waals surface area contributed by atoms with Crippen molar-refractivity contribution in [1.82, 2.24) is 0 Å². The molecule has 0 aliphatic carbocycles. The Morgan fingerprint density at radius 2 is 2.17 bits per heavy atom. The topological polar surface area (TPSA) is 47.9 Å². The van der Waals surface area contributed by atoms with Crippen LogP contribution in [0.15, 0.2) is 30.3 Å². The largest absolute Gasteiger partial charge is 0.393 e. The number of aliphatic hydroxyl groups excluding tert-OH is 1. The highest BCUT2D eigenvalue weighted by Crippen LogP contribution is 2.19. The van der Waals surface area contributed by atoms with E-state index in [4.69, 9.17) is 22.1 Å². The van der Waals surface area contributed by atoms with Crippen LogP contribution in [0.4, 0.5) is 0 Å². The van der Waals surface area contributed by atoms with Gasteiger partial charge in [-0.2, -0.15) is 0 Å². The first-order valence-corrected chi connectivity index (χ1v) is 5.98. The van der Waals surface area contributed by atoms with Crippen molar-refractivity contribution in [2.45, 2.75) is 18.2 Å². The Bertz CT molecular complexity index is 359. The molecule has 96 valence electrons. The summed E-state index contributed by atoms with van der Waals surface area (Å²) in [7, 11) is 5.65. The van der Waals surface area contributed by atoms with Gasteiger partial charge in [-0.25, -0.2) is 0 Å². The summed E-state index contributed by atoms with van der Waals surface area (Å²) < 4.78 is 16.4. The molecule has 1 saturated heterocycles. The van der Waals surface area contributed by atoms with Gasteiger partial charge in [0.1, 0.15) is 13.4 Å². The maximum atomic E-state index is 9.42. The summed E-state index contributed by atoms with van der Waals surface area (Å²) in [6.45, 7) is 1.20. The molecule has 1 fully saturated rings. The van der Waals surface area contributed by atoms with Gasteiger partial charge in [-0.05, 0) is 5.56 Å². The van der Waals surface area contributed by atoms with Gasteiger partial charge < -0.3 is 19.3 Å². The first-order valence-electron chi connectivity index (χ1n) is 5.98. The van der Waals surface area contributed by atoms with E-state index in [9.17, 15) is 5.11 Å². The molecule has 0 aromatic heterocycles. The summed E-state index contributed by atoms with van der Waals surface area (Å²) >= 11 is 0. The Labute approximate surface area is 108 Å². The number of hydrogen-bond donors (Lipinski definition) is 1. The van der Waals surface area contributed by atoms with Crippen LogP contribution in [0.2, 0.25) is 0 Å². The summed E-state index contributed by atoms with van der Waals surface area (Å²) in [5.74, 6) is 0. The fourth-order valence-corrected chi connectivity index (χ4v) is 1.88. The van der Waals surface area contributed by atoms with Gasteiger partial charge in [0.2, 0.25) is 0 Å². The van der Waals surface area contributed by atoms with E-state index in [1.807, 2.05) is 30.3 Å². The predicted molar refractivity (Wildman–Crippen MR) is 67.4 cm³/mol. The van der Waals surface area contributed by atoms with Crippen LogP contribution < -0.4 is 0 Å². The molecular formula is C13H17BO4. The second-order valence-electron chi connectivity index (χ2n) is 4.49. The highest BCUT2D eigenvalue weighted by atomic mass is 16.6. The molecule has 1 aromatic carbocycles. The van der Waals surface area contributed by atoms with Crippen molar-refractivity contribution < 1.29 is 19.3 Å².